The Labute approximate surface area is 171 Å². The van der Waals surface area contributed by atoms with E-state index in [0.29, 0.717) is 35.7 Å². The third kappa shape index (κ3) is 12.3. The van der Waals surface area contributed by atoms with Crippen LogP contribution in [0.25, 0.3) is 0 Å². The number of esters is 2. The molecule has 7 nitrogen and oxygen atoms in total. The van der Waals surface area contributed by atoms with Crippen molar-refractivity contribution in [2.24, 2.45) is 5.73 Å². The molecule has 28 heavy (non-hydrogen) atoms. The number of dihydropyridines is 1. The van der Waals surface area contributed by atoms with Crippen LogP contribution in [-0.4, -0.2) is 45.4 Å². The van der Waals surface area contributed by atoms with Crippen molar-refractivity contribution in [3.63, 3.8) is 0 Å². The Hall–Kier alpha value is -2.12. The Morgan fingerprint density at radius 2 is 1.71 bits per heavy atom. The van der Waals surface area contributed by atoms with Gasteiger partial charge in [0.25, 0.3) is 0 Å². The van der Waals surface area contributed by atoms with E-state index in [9.17, 15) is 9.59 Å². The van der Waals surface area contributed by atoms with Gasteiger partial charge in [0, 0.05) is 18.7 Å². The molecule has 1 aliphatic rings. The molecule has 1 heterocycles. The van der Waals surface area contributed by atoms with Gasteiger partial charge in [-0.2, -0.15) is 0 Å². The number of nitrogens with two attached hydrogens (primary N) is 1. The van der Waals surface area contributed by atoms with Crippen LogP contribution in [0.15, 0.2) is 35.2 Å². The first kappa shape index (κ1) is 30.6. The number of nitrogens with one attached hydrogen (secondary N) is 1. The smallest absolute Gasteiger partial charge is 0.336 e. The summed E-state index contributed by atoms with van der Waals surface area (Å²) in [6.45, 7) is 18.0. The molecular formula is C21H40N2O5. The maximum absolute atomic E-state index is 12.0. The molecule has 0 aromatic rings. The summed E-state index contributed by atoms with van der Waals surface area (Å²) in [5.41, 5.74) is 7.38. The zero-order chi connectivity index (χ0) is 22.5. The van der Waals surface area contributed by atoms with Crippen LogP contribution in [0.1, 0.15) is 54.9 Å². The number of methoxy groups -OCH3 is 1. The Morgan fingerprint density at radius 1 is 1.18 bits per heavy atom. The molecule has 0 saturated heterocycles. The largest absolute Gasteiger partial charge is 0.466 e. The fourth-order valence-electron chi connectivity index (χ4n) is 1.94. The molecule has 0 fully saturated rings. The van der Waals surface area contributed by atoms with Crippen molar-refractivity contribution in [2.45, 2.75) is 54.9 Å². The lowest BCUT2D eigenvalue weighted by molar-refractivity contribution is -0.138. The number of hydrogen-bond donors (Lipinski definition) is 2. The van der Waals surface area contributed by atoms with Gasteiger partial charge in [-0.05, 0) is 20.8 Å². The van der Waals surface area contributed by atoms with Crippen LogP contribution in [0.3, 0.4) is 0 Å². The number of carbonyl (C=O) groups excluding carboxylic acids is 2. The summed E-state index contributed by atoms with van der Waals surface area (Å²) in [6.07, 6.45) is 1.91. The topological polar surface area (TPSA) is 99.9 Å². The Morgan fingerprint density at radius 3 is 2.14 bits per heavy atom. The third-order valence-electron chi connectivity index (χ3n) is 2.97. The van der Waals surface area contributed by atoms with E-state index in [1.807, 2.05) is 34.6 Å². The van der Waals surface area contributed by atoms with Crippen LogP contribution in [0.4, 0.5) is 0 Å². The molecule has 0 aliphatic carbocycles. The van der Waals surface area contributed by atoms with Crippen molar-refractivity contribution in [3.8, 4) is 0 Å². The van der Waals surface area contributed by atoms with Gasteiger partial charge in [-0.3, -0.25) is 0 Å². The normalized spacial score (nSPS) is 12.0. The quantitative estimate of drug-likeness (QED) is 0.383. The van der Waals surface area contributed by atoms with Gasteiger partial charge in [0.1, 0.15) is 0 Å². The summed E-state index contributed by atoms with van der Waals surface area (Å²) in [6, 6.07) is 0. The lowest BCUT2D eigenvalue weighted by Crippen LogP contribution is -2.30. The predicted octanol–water partition coefficient (Wildman–Crippen LogP) is 3.46. The summed E-state index contributed by atoms with van der Waals surface area (Å²) in [5.74, 6) is -0.936. The van der Waals surface area contributed by atoms with Crippen LogP contribution in [0.5, 0.6) is 0 Å². The molecule has 0 radical (unpaired) electrons. The van der Waals surface area contributed by atoms with Crippen LogP contribution in [0.2, 0.25) is 0 Å². The molecule has 0 amide bonds. The highest BCUT2D eigenvalue weighted by Crippen LogP contribution is 2.25. The van der Waals surface area contributed by atoms with E-state index in [2.05, 4.69) is 11.9 Å². The number of hydrogen-bond acceptors (Lipinski definition) is 7. The SMILES string of the molecule is C=CC.CC.CC.CCOC(=O)C1=C(COCCN)NC(C)=C(C(=O)OC)C1. The van der Waals surface area contributed by atoms with E-state index < -0.39 is 11.9 Å². The average Bonchev–Trinajstić information content (AvgIpc) is 2.71. The van der Waals surface area contributed by atoms with Crippen molar-refractivity contribution in [2.75, 3.05) is 33.5 Å². The van der Waals surface area contributed by atoms with Gasteiger partial charge in [-0.15, -0.1) is 6.58 Å². The van der Waals surface area contributed by atoms with Gasteiger partial charge in [-0.25, -0.2) is 9.59 Å². The highest BCUT2D eigenvalue weighted by atomic mass is 16.5. The van der Waals surface area contributed by atoms with Gasteiger partial charge in [0.05, 0.1) is 43.8 Å². The molecular weight excluding hydrogens is 360 g/mol. The molecule has 3 N–H and O–H groups in total. The van der Waals surface area contributed by atoms with Crippen molar-refractivity contribution >= 4 is 11.9 Å². The van der Waals surface area contributed by atoms with Crippen molar-refractivity contribution in [1.29, 1.82) is 0 Å². The van der Waals surface area contributed by atoms with E-state index >= 15 is 0 Å². The van der Waals surface area contributed by atoms with E-state index in [-0.39, 0.29) is 19.6 Å². The molecule has 0 aromatic heterocycles. The van der Waals surface area contributed by atoms with Crippen LogP contribution >= 0.6 is 0 Å². The summed E-state index contributed by atoms with van der Waals surface area (Å²) in [7, 11) is 1.30. The monoisotopic (exact) mass is 400 g/mol. The van der Waals surface area contributed by atoms with Gasteiger partial charge in [0.15, 0.2) is 0 Å². The summed E-state index contributed by atoms with van der Waals surface area (Å²) < 4.78 is 15.1. The number of allylic oxidation sites excluding steroid dienone is 2. The minimum atomic E-state index is -0.469. The first-order chi connectivity index (χ1) is 13.5. The van der Waals surface area contributed by atoms with Gasteiger partial charge in [-0.1, -0.05) is 33.8 Å². The maximum atomic E-state index is 12.0. The summed E-state index contributed by atoms with van der Waals surface area (Å²) in [5, 5.41) is 3.02. The molecule has 0 unspecified atom stereocenters. The molecule has 0 atom stereocenters. The molecule has 0 spiro atoms. The van der Waals surface area contributed by atoms with E-state index in [0.717, 1.165) is 0 Å². The fourth-order valence-corrected chi connectivity index (χ4v) is 1.94. The average molecular weight is 401 g/mol. The van der Waals surface area contributed by atoms with Crippen molar-refractivity contribution < 1.29 is 23.8 Å². The number of ether oxygens (including phenoxy) is 3. The molecule has 1 rings (SSSR count). The maximum Gasteiger partial charge on any atom is 0.336 e. The third-order valence-corrected chi connectivity index (χ3v) is 2.97. The van der Waals surface area contributed by atoms with Crippen LogP contribution in [0, 0.1) is 0 Å². The highest BCUT2D eigenvalue weighted by molar-refractivity contribution is 5.96. The molecule has 1 aliphatic heterocycles. The van der Waals surface area contributed by atoms with Crippen LogP contribution < -0.4 is 11.1 Å². The Balaban J connectivity index is -0.000000789. The zero-order valence-electron chi connectivity index (χ0n) is 18.9. The van der Waals surface area contributed by atoms with Gasteiger partial charge >= 0.3 is 11.9 Å². The Bertz CT molecular complexity index is 511. The van der Waals surface area contributed by atoms with Crippen LogP contribution in [-0.2, 0) is 23.8 Å². The highest BCUT2D eigenvalue weighted by Gasteiger charge is 2.28. The lowest BCUT2D eigenvalue weighted by atomic mass is 9.98. The molecule has 0 bridgehead atoms. The standard InChI is InChI=1S/C14H22N2O5.C3H6.2C2H6/c1-4-21-14(18)11-7-10(13(17)19-3)9(2)16-12(11)8-20-6-5-15;1-3-2;2*1-2/h16H,4-8,15H2,1-3H3;3H,1H2,2H3;2*1-2H3. The minimum absolute atomic E-state index is 0.158. The Kier molecular flexibility index (Phi) is 23.2. The van der Waals surface area contributed by atoms with E-state index in [4.69, 9.17) is 19.9 Å². The summed E-state index contributed by atoms with van der Waals surface area (Å²) in [4.78, 5) is 23.8. The first-order valence-electron chi connectivity index (χ1n) is 9.75. The molecule has 7 heteroatoms. The molecule has 0 saturated carbocycles. The van der Waals surface area contributed by atoms with E-state index in [1.54, 1.807) is 19.9 Å². The number of rotatable bonds is 7. The van der Waals surface area contributed by atoms with Crippen molar-refractivity contribution in [3.05, 3.63) is 35.2 Å². The van der Waals surface area contributed by atoms with Gasteiger partial charge < -0.3 is 25.3 Å². The number of carbonyl (C=O) groups is 2. The first-order valence-corrected chi connectivity index (χ1v) is 9.75. The predicted molar refractivity (Wildman–Crippen MR) is 115 cm³/mol. The van der Waals surface area contributed by atoms with Gasteiger partial charge in [0.2, 0.25) is 0 Å². The van der Waals surface area contributed by atoms with Crippen molar-refractivity contribution in [1.82, 2.24) is 5.32 Å². The molecule has 0 aromatic carbocycles. The zero-order valence-corrected chi connectivity index (χ0v) is 18.9. The summed E-state index contributed by atoms with van der Waals surface area (Å²) >= 11 is 0. The second kappa shape index (κ2) is 21.2. The lowest BCUT2D eigenvalue weighted by Gasteiger charge is -2.24. The second-order valence-electron chi connectivity index (χ2n) is 4.82. The van der Waals surface area contributed by atoms with E-state index in [1.165, 1.54) is 7.11 Å². The minimum Gasteiger partial charge on any atom is -0.466 e. The second-order valence-corrected chi connectivity index (χ2v) is 4.82. The molecule has 164 valence electrons. The fraction of sp³-hybridized carbons (Fsp3) is 0.619.